The highest BCUT2D eigenvalue weighted by molar-refractivity contribution is 6.03. The van der Waals surface area contributed by atoms with Crippen molar-refractivity contribution in [1.82, 2.24) is 0 Å². The van der Waals surface area contributed by atoms with Gasteiger partial charge in [0.1, 0.15) is 5.75 Å². The van der Waals surface area contributed by atoms with Crippen LogP contribution >= 0.6 is 0 Å². The van der Waals surface area contributed by atoms with Crippen LogP contribution in [-0.2, 0) is 4.79 Å². The molecule has 0 aliphatic rings. The molecular weight excluding hydrogens is 288 g/mol. The first kappa shape index (κ1) is 14.9. The summed E-state index contributed by atoms with van der Waals surface area (Å²) in [5.41, 5.74) is 1.61. The van der Waals surface area contributed by atoms with Crippen molar-refractivity contribution in [3.05, 3.63) is 66.7 Å². The third-order valence-corrected chi connectivity index (χ3v) is 3.61. The number of hydrogen-bond donors (Lipinski definition) is 2. The molecule has 2 N–H and O–H groups in total. The Bertz CT molecular complexity index is 825. The number of para-hydroxylation sites is 2. The highest BCUT2D eigenvalue weighted by Gasteiger charge is 2.07. The van der Waals surface area contributed by atoms with Gasteiger partial charge in [0.05, 0.1) is 19.3 Å². The number of carbonyl (C=O) groups is 1. The molecule has 0 saturated heterocycles. The van der Waals surface area contributed by atoms with Crippen molar-refractivity contribution in [3.63, 3.8) is 0 Å². The van der Waals surface area contributed by atoms with Gasteiger partial charge in [-0.2, -0.15) is 0 Å². The lowest BCUT2D eigenvalue weighted by atomic mass is 10.1. The number of carbonyl (C=O) groups excluding carboxylic acids is 1. The largest absolute Gasteiger partial charge is 0.495 e. The Morgan fingerprint density at radius 1 is 0.913 bits per heavy atom. The Labute approximate surface area is 135 Å². The van der Waals surface area contributed by atoms with Gasteiger partial charge in [0.2, 0.25) is 5.91 Å². The topological polar surface area (TPSA) is 50.4 Å². The Morgan fingerprint density at radius 2 is 1.61 bits per heavy atom. The molecule has 3 aromatic carbocycles. The van der Waals surface area contributed by atoms with E-state index in [0.29, 0.717) is 5.75 Å². The molecule has 23 heavy (non-hydrogen) atoms. The summed E-state index contributed by atoms with van der Waals surface area (Å²) in [6, 6.07) is 21.4. The normalized spacial score (nSPS) is 10.3. The fraction of sp³-hybridized carbons (Fsp3) is 0.105. The highest BCUT2D eigenvalue weighted by Crippen LogP contribution is 2.24. The van der Waals surface area contributed by atoms with Gasteiger partial charge in [0, 0.05) is 11.1 Å². The number of amides is 1. The van der Waals surface area contributed by atoms with Gasteiger partial charge in [0.25, 0.3) is 0 Å². The van der Waals surface area contributed by atoms with E-state index in [-0.39, 0.29) is 12.5 Å². The van der Waals surface area contributed by atoms with Crippen LogP contribution in [0.2, 0.25) is 0 Å². The van der Waals surface area contributed by atoms with Crippen LogP contribution in [0.3, 0.4) is 0 Å². The number of nitrogens with one attached hydrogen (secondary N) is 2. The average Bonchev–Trinajstić information content (AvgIpc) is 2.60. The molecule has 1 amide bonds. The van der Waals surface area contributed by atoms with E-state index in [1.807, 2.05) is 66.7 Å². The lowest BCUT2D eigenvalue weighted by Crippen LogP contribution is -2.22. The molecule has 116 valence electrons. The van der Waals surface area contributed by atoms with Gasteiger partial charge in [0.15, 0.2) is 0 Å². The van der Waals surface area contributed by atoms with Crippen molar-refractivity contribution in [3.8, 4) is 5.75 Å². The van der Waals surface area contributed by atoms with E-state index in [1.54, 1.807) is 7.11 Å². The van der Waals surface area contributed by atoms with Gasteiger partial charge in [-0.05, 0) is 23.6 Å². The van der Waals surface area contributed by atoms with Gasteiger partial charge in [-0.1, -0.05) is 48.5 Å². The van der Waals surface area contributed by atoms with E-state index in [0.717, 1.165) is 22.1 Å². The maximum atomic E-state index is 12.2. The minimum Gasteiger partial charge on any atom is -0.495 e. The molecular formula is C19H18N2O2. The zero-order chi connectivity index (χ0) is 16.1. The average molecular weight is 306 g/mol. The number of benzene rings is 3. The van der Waals surface area contributed by atoms with Gasteiger partial charge in [-0.25, -0.2) is 0 Å². The van der Waals surface area contributed by atoms with Crippen molar-refractivity contribution in [2.45, 2.75) is 0 Å². The Hall–Kier alpha value is -3.01. The van der Waals surface area contributed by atoms with Crippen molar-refractivity contribution >= 4 is 28.1 Å². The fourth-order valence-corrected chi connectivity index (χ4v) is 2.49. The molecule has 0 saturated carbocycles. The predicted molar refractivity (Wildman–Crippen MR) is 94.1 cm³/mol. The van der Waals surface area contributed by atoms with Gasteiger partial charge < -0.3 is 15.4 Å². The predicted octanol–water partition coefficient (Wildman–Crippen LogP) is 3.90. The van der Waals surface area contributed by atoms with E-state index in [2.05, 4.69) is 10.6 Å². The van der Waals surface area contributed by atoms with E-state index in [9.17, 15) is 4.79 Å². The molecule has 0 bridgehead atoms. The van der Waals surface area contributed by atoms with Crippen LogP contribution in [0, 0.1) is 0 Å². The molecule has 0 spiro atoms. The Kier molecular flexibility index (Phi) is 4.43. The second-order valence-electron chi connectivity index (χ2n) is 5.13. The SMILES string of the molecule is COc1ccccc1NCC(=O)Nc1cccc2ccccc12. The van der Waals surface area contributed by atoms with Crippen molar-refractivity contribution in [2.24, 2.45) is 0 Å². The quantitative estimate of drug-likeness (QED) is 0.751. The third-order valence-electron chi connectivity index (χ3n) is 3.61. The first-order chi connectivity index (χ1) is 11.3. The zero-order valence-electron chi connectivity index (χ0n) is 12.9. The van der Waals surface area contributed by atoms with Gasteiger partial charge >= 0.3 is 0 Å². The van der Waals surface area contributed by atoms with E-state index in [1.165, 1.54) is 0 Å². The van der Waals surface area contributed by atoms with E-state index >= 15 is 0 Å². The van der Waals surface area contributed by atoms with E-state index < -0.39 is 0 Å². The summed E-state index contributed by atoms with van der Waals surface area (Å²) in [5.74, 6) is 0.609. The van der Waals surface area contributed by atoms with Crippen LogP contribution in [-0.4, -0.2) is 19.6 Å². The Morgan fingerprint density at radius 3 is 2.48 bits per heavy atom. The smallest absolute Gasteiger partial charge is 0.243 e. The molecule has 0 fully saturated rings. The van der Waals surface area contributed by atoms with Gasteiger partial charge in [-0.15, -0.1) is 0 Å². The number of methoxy groups -OCH3 is 1. The molecule has 3 aromatic rings. The van der Waals surface area contributed by atoms with Crippen molar-refractivity contribution in [1.29, 1.82) is 0 Å². The molecule has 0 radical (unpaired) electrons. The molecule has 0 unspecified atom stereocenters. The standard InChI is InChI=1S/C19H18N2O2/c1-23-18-12-5-4-10-17(18)20-13-19(22)21-16-11-6-8-14-7-2-3-9-15(14)16/h2-12,20H,13H2,1H3,(H,21,22). The monoisotopic (exact) mass is 306 g/mol. The second-order valence-corrected chi connectivity index (χ2v) is 5.13. The van der Waals surface area contributed by atoms with Crippen molar-refractivity contribution in [2.75, 3.05) is 24.3 Å². The number of hydrogen-bond acceptors (Lipinski definition) is 3. The minimum absolute atomic E-state index is 0.104. The fourth-order valence-electron chi connectivity index (χ4n) is 2.49. The first-order valence-electron chi connectivity index (χ1n) is 7.42. The molecule has 0 heterocycles. The minimum atomic E-state index is -0.104. The molecule has 0 aliphatic carbocycles. The summed E-state index contributed by atoms with van der Waals surface area (Å²) in [4.78, 5) is 12.2. The molecule has 0 aromatic heterocycles. The number of rotatable bonds is 5. The second kappa shape index (κ2) is 6.83. The maximum absolute atomic E-state index is 12.2. The summed E-state index contributed by atoms with van der Waals surface area (Å²) in [5, 5.41) is 8.17. The number of ether oxygens (including phenoxy) is 1. The van der Waals surface area contributed by atoms with Crippen molar-refractivity contribution < 1.29 is 9.53 Å². The maximum Gasteiger partial charge on any atom is 0.243 e. The van der Waals surface area contributed by atoms with Crippen LogP contribution in [0.5, 0.6) is 5.75 Å². The van der Waals surface area contributed by atoms with Gasteiger partial charge in [-0.3, -0.25) is 4.79 Å². The summed E-state index contributed by atoms with van der Waals surface area (Å²) < 4.78 is 5.26. The molecule has 0 atom stereocenters. The van der Waals surface area contributed by atoms with Crippen LogP contribution in [0.4, 0.5) is 11.4 Å². The summed E-state index contributed by atoms with van der Waals surface area (Å²) in [6.07, 6.45) is 0. The first-order valence-corrected chi connectivity index (χ1v) is 7.42. The lowest BCUT2D eigenvalue weighted by molar-refractivity contribution is -0.114. The highest BCUT2D eigenvalue weighted by atomic mass is 16.5. The summed E-state index contributed by atoms with van der Waals surface area (Å²) >= 11 is 0. The Balaban J connectivity index is 1.69. The molecule has 3 rings (SSSR count). The van der Waals surface area contributed by atoms with Crippen LogP contribution < -0.4 is 15.4 Å². The third kappa shape index (κ3) is 3.43. The zero-order valence-corrected chi connectivity index (χ0v) is 12.9. The summed E-state index contributed by atoms with van der Waals surface area (Å²) in [7, 11) is 1.61. The molecule has 4 nitrogen and oxygen atoms in total. The van der Waals surface area contributed by atoms with Crippen LogP contribution in [0.15, 0.2) is 66.7 Å². The number of anilines is 2. The lowest BCUT2D eigenvalue weighted by Gasteiger charge is -2.12. The van der Waals surface area contributed by atoms with E-state index in [4.69, 9.17) is 4.74 Å². The number of fused-ring (bicyclic) bond motifs is 1. The summed E-state index contributed by atoms with van der Waals surface area (Å²) in [6.45, 7) is 0.170. The van der Waals surface area contributed by atoms with Crippen LogP contribution in [0.1, 0.15) is 0 Å². The van der Waals surface area contributed by atoms with Crippen LogP contribution in [0.25, 0.3) is 10.8 Å². The molecule has 4 heteroatoms. The molecule has 0 aliphatic heterocycles.